The lowest BCUT2D eigenvalue weighted by Crippen LogP contribution is -2.15. The molecule has 0 aliphatic rings. The number of anilines is 2. The Hall–Kier alpha value is -3.38. The summed E-state index contributed by atoms with van der Waals surface area (Å²) in [6.07, 6.45) is -3.56. The van der Waals surface area contributed by atoms with Gasteiger partial charge in [0.15, 0.2) is 11.5 Å². The molecule has 29 heavy (non-hydrogen) atoms. The van der Waals surface area contributed by atoms with Crippen molar-refractivity contribution in [3.05, 3.63) is 58.8 Å². The molecule has 0 saturated heterocycles. The van der Waals surface area contributed by atoms with E-state index >= 15 is 0 Å². The van der Waals surface area contributed by atoms with Crippen molar-refractivity contribution in [3.63, 3.8) is 0 Å². The van der Waals surface area contributed by atoms with Gasteiger partial charge < -0.3 is 20.1 Å². The number of hydrogen-bond acceptors (Lipinski definition) is 5. The number of nitrogens with zero attached hydrogens (tertiary/aromatic N) is 1. The molecule has 0 radical (unpaired) electrons. The van der Waals surface area contributed by atoms with Crippen molar-refractivity contribution in [1.29, 1.82) is 5.26 Å². The standard InChI is InChI=1S/C19H15ClF3N3O3/c1-28-16-6-4-12(8-17(16)29-2)25-10-11(9-24)18(27)26-13-3-5-15(20)14(7-13)19(21,22)23/h3-8,10,25H,1-2H3,(H,26,27)/b11-10-. The first kappa shape index (κ1) is 21.9. The van der Waals surface area contributed by atoms with E-state index in [1.807, 2.05) is 0 Å². The predicted octanol–water partition coefficient (Wildman–Crippen LogP) is 4.83. The van der Waals surface area contributed by atoms with Gasteiger partial charge in [0.05, 0.1) is 24.8 Å². The number of rotatable bonds is 6. The first-order valence-electron chi connectivity index (χ1n) is 7.96. The van der Waals surface area contributed by atoms with E-state index in [1.54, 1.807) is 24.3 Å². The molecule has 0 spiro atoms. The van der Waals surface area contributed by atoms with Gasteiger partial charge in [-0.05, 0) is 30.3 Å². The maximum absolute atomic E-state index is 12.9. The van der Waals surface area contributed by atoms with E-state index < -0.39 is 22.7 Å². The van der Waals surface area contributed by atoms with Gasteiger partial charge in [-0.3, -0.25) is 4.79 Å². The molecule has 1 amide bonds. The van der Waals surface area contributed by atoms with E-state index in [0.717, 1.165) is 12.3 Å². The van der Waals surface area contributed by atoms with Crippen LogP contribution in [0, 0.1) is 11.3 Å². The van der Waals surface area contributed by atoms with Gasteiger partial charge in [0.1, 0.15) is 11.6 Å². The van der Waals surface area contributed by atoms with Crippen LogP contribution in [-0.4, -0.2) is 20.1 Å². The maximum Gasteiger partial charge on any atom is 0.417 e. The summed E-state index contributed by atoms with van der Waals surface area (Å²) in [7, 11) is 2.93. The number of nitriles is 1. The molecular formula is C19H15ClF3N3O3. The second-order valence-corrected chi connectivity index (χ2v) is 5.94. The van der Waals surface area contributed by atoms with Gasteiger partial charge in [-0.25, -0.2) is 0 Å². The van der Waals surface area contributed by atoms with E-state index in [4.69, 9.17) is 21.1 Å². The van der Waals surface area contributed by atoms with Gasteiger partial charge in [0, 0.05) is 23.6 Å². The highest BCUT2D eigenvalue weighted by molar-refractivity contribution is 6.31. The summed E-state index contributed by atoms with van der Waals surface area (Å²) in [4.78, 5) is 12.2. The Kier molecular flexibility index (Phi) is 6.96. The third kappa shape index (κ3) is 5.56. The quantitative estimate of drug-likeness (QED) is 0.511. The Bertz CT molecular complexity index is 985. The van der Waals surface area contributed by atoms with Crippen molar-refractivity contribution in [1.82, 2.24) is 0 Å². The van der Waals surface area contributed by atoms with Crippen molar-refractivity contribution in [3.8, 4) is 17.6 Å². The zero-order valence-electron chi connectivity index (χ0n) is 15.2. The number of methoxy groups -OCH3 is 2. The summed E-state index contributed by atoms with van der Waals surface area (Å²) in [5.41, 5.74) is -1.11. The number of alkyl halides is 3. The van der Waals surface area contributed by atoms with Crippen LogP contribution >= 0.6 is 11.6 Å². The number of nitrogens with one attached hydrogen (secondary N) is 2. The average Bonchev–Trinajstić information content (AvgIpc) is 2.68. The molecule has 6 nitrogen and oxygen atoms in total. The van der Waals surface area contributed by atoms with E-state index in [9.17, 15) is 23.2 Å². The second-order valence-electron chi connectivity index (χ2n) is 5.53. The van der Waals surface area contributed by atoms with Crippen LogP contribution in [0.15, 0.2) is 48.2 Å². The van der Waals surface area contributed by atoms with Gasteiger partial charge >= 0.3 is 6.18 Å². The highest BCUT2D eigenvalue weighted by Gasteiger charge is 2.33. The second kappa shape index (κ2) is 9.21. The number of amides is 1. The summed E-state index contributed by atoms with van der Waals surface area (Å²) < 4.78 is 49.0. The summed E-state index contributed by atoms with van der Waals surface area (Å²) in [6, 6.07) is 9.41. The predicted molar refractivity (Wildman–Crippen MR) is 102 cm³/mol. The average molecular weight is 426 g/mol. The van der Waals surface area contributed by atoms with Crippen molar-refractivity contribution in [2.45, 2.75) is 6.18 Å². The summed E-state index contributed by atoms with van der Waals surface area (Å²) in [5, 5.41) is 13.7. The third-order valence-corrected chi connectivity index (χ3v) is 3.99. The molecular weight excluding hydrogens is 411 g/mol. The fourth-order valence-electron chi connectivity index (χ4n) is 2.25. The Morgan fingerprint density at radius 1 is 1.10 bits per heavy atom. The molecule has 0 aliphatic heterocycles. The van der Waals surface area contributed by atoms with Crippen molar-refractivity contribution < 1.29 is 27.4 Å². The summed E-state index contributed by atoms with van der Waals surface area (Å²) in [5.74, 6) is 0.0223. The highest BCUT2D eigenvalue weighted by Crippen LogP contribution is 2.36. The van der Waals surface area contributed by atoms with Gasteiger partial charge in [-0.2, -0.15) is 18.4 Å². The number of carbonyl (C=O) groups is 1. The van der Waals surface area contributed by atoms with Crippen LogP contribution in [0.25, 0.3) is 0 Å². The lowest BCUT2D eigenvalue weighted by molar-refractivity contribution is -0.137. The minimum atomic E-state index is -4.68. The SMILES string of the molecule is COc1ccc(N/C=C(/C#N)C(=O)Nc2ccc(Cl)c(C(F)(F)F)c2)cc1OC. The zero-order valence-corrected chi connectivity index (χ0v) is 16.0. The normalized spacial score (nSPS) is 11.4. The van der Waals surface area contributed by atoms with E-state index in [-0.39, 0.29) is 11.3 Å². The van der Waals surface area contributed by atoms with Crippen LogP contribution in [0.3, 0.4) is 0 Å². The zero-order chi connectivity index (χ0) is 21.6. The molecule has 2 aromatic rings. The van der Waals surface area contributed by atoms with Crippen molar-refractivity contribution in [2.75, 3.05) is 24.9 Å². The maximum atomic E-state index is 12.9. The number of ether oxygens (including phenoxy) is 2. The minimum Gasteiger partial charge on any atom is -0.493 e. The Labute approximate surface area is 169 Å². The number of hydrogen-bond donors (Lipinski definition) is 2. The fraction of sp³-hybridized carbons (Fsp3) is 0.158. The van der Waals surface area contributed by atoms with Crippen LogP contribution in [0.5, 0.6) is 11.5 Å². The van der Waals surface area contributed by atoms with Crippen LogP contribution in [0.1, 0.15) is 5.56 Å². The largest absolute Gasteiger partial charge is 0.493 e. The van der Waals surface area contributed by atoms with Crippen molar-refractivity contribution >= 4 is 28.9 Å². The molecule has 0 aromatic heterocycles. The van der Waals surface area contributed by atoms with Gasteiger partial charge in [0.2, 0.25) is 0 Å². The van der Waals surface area contributed by atoms with Crippen LogP contribution in [0.4, 0.5) is 24.5 Å². The molecule has 0 unspecified atom stereocenters. The Morgan fingerprint density at radius 3 is 2.34 bits per heavy atom. The highest BCUT2D eigenvalue weighted by atomic mass is 35.5. The fourth-order valence-corrected chi connectivity index (χ4v) is 2.47. The molecule has 0 atom stereocenters. The lowest BCUT2D eigenvalue weighted by Gasteiger charge is -2.12. The molecule has 2 N–H and O–H groups in total. The lowest BCUT2D eigenvalue weighted by atomic mass is 10.2. The molecule has 0 heterocycles. The number of benzene rings is 2. The van der Waals surface area contributed by atoms with Gasteiger partial charge in [-0.15, -0.1) is 0 Å². The molecule has 0 aliphatic carbocycles. The summed E-state index contributed by atoms with van der Waals surface area (Å²) in [6.45, 7) is 0. The van der Waals surface area contributed by atoms with Crippen LogP contribution < -0.4 is 20.1 Å². The number of carbonyl (C=O) groups excluding carboxylic acids is 1. The molecule has 0 bridgehead atoms. The Balaban J connectivity index is 2.18. The molecule has 0 fully saturated rings. The van der Waals surface area contributed by atoms with E-state index in [1.165, 1.54) is 20.3 Å². The first-order valence-corrected chi connectivity index (χ1v) is 8.34. The minimum absolute atomic E-state index is 0.154. The molecule has 2 aromatic carbocycles. The first-order chi connectivity index (χ1) is 13.7. The van der Waals surface area contributed by atoms with Gasteiger partial charge in [-0.1, -0.05) is 11.6 Å². The van der Waals surface area contributed by atoms with Gasteiger partial charge in [0.25, 0.3) is 5.91 Å². The Morgan fingerprint density at radius 2 is 1.76 bits per heavy atom. The topological polar surface area (TPSA) is 83.4 Å². The van der Waals surface area contributed by atoms with Crippen molar-refractivity contribution in [2.24, 2.45) is 0 Å². The third-order valence-electron chi connectivity index (χ3n) is 3.66. The summed E-state index contributed by atoms with van der Waals surface area (Å²) >= 11 is 5.55. The molecule has 0 saturated carbocycles. The molecule has 2 rings (SSSR count). The van der Waals surface area contributed by atoms with Crippen LogP contribution in [-0.2, 0) is 11.0 Å². The monoisotopic (exact) mass is 425 g/mol. The van der Waals surface area contributed by atoms with E-state index in [0.29, 0.717) is 23.3 Å². The van der Waals surface area contributed by atoms with Crippen LogP contribution in [0.2, 0.25) is 5.02 Å². The molecule has 10 heteroatoms. The van der Waals surface area contributed by atoms with E-state index in [2.05, 4.69) is 10.6 Å². The smallest absolute Gasteiger partial charge is 0.417 e. The number of halogens is 4. The molecule has 152 valence electrons.